The number of benzene rings is 2. The Kier molecular flexibility index (Phi) is 2.43. The number of H-pyrrole nitrogens is 1. The van der Waals surface area contributed by atoms with Gasteiger partial charge in [-0.1, -0.05) is 18.2 Å². The van der Waals surface area contributed by atoms with Crippen LogP contribution in [0.1, 0.15) is 0 Å². The molecule has 7 heteroatoms. The van der Waals surface area contributed by atoms with Crippen molar-refractivity contribution in [3.05, 3.63) is 61.2 Å². The van der Waals surface area contributed by atoms with Gasteiger partial charge in [0.1, 0.15) is 0 Å². The van der Waals surface area contributed by atoms with Crippen molar-refractivity contribution in [3.63, 3.8) is 0 Å². The summed E-state index contributed by atoms with van der Waals surface area (Å²) in [5, 5.41) is 12.1. The van der Waals surface area contributed by atoms with Gasteiger partial charge in [-0.05, 0) is 6.07 Å². The molecule has 0 saturated carbocycles. The van der Waals surface area contributed by atoms with E-state index in [1.54, 1.807) is 24.3 Å². The standard InChI is InChI=1S/C13H9N3O4/c1-15-10-6-9(16(19)20)7-4-2-3-5-8(7)11(10)14-12(17)13(15)18/h2-6H,1H3,(H,14,17). The van der Waals surface area contributed by atoms with Crippen LogP contribution in [0.2, 0.25) is 0 Å². The van der Waals surface area contributed by atoms with Gasteiger partial charge in [-0.15, -0.1) is 0 Å². The Hall–Kier alpha value is -2.96. The lowest BCUT2D eigenvalue weighted by Gasteiger charge is -2.07. The van der Waals surface area contributed by atoms with Gasteiger partial charge in [0.2, 0.25) is 0 Å². The molecule has 0 bridgehead atoms. The minimum atomic E-state index is -0.751. The van der Waals surface area contributed by atoms with Crippen molar-refractivity contribution in [1.82, 2.24) is 9.55 Å². The second kappa shape index (κ2) is 4.02. The lowest BCUT2D eigenvalue weighted by molar-refractivity contribution is -0.383. The Morgan fingerprint density at radius 1 is 1.20 bits per heavy atom. The van der Waals surface area contributed by atoms with Gasteiger partial charge in [-0.3, -0.25) is 19.7 Å². The summed E-state index contributed by atoms with van der Waals surface area (Å²) in [5.41, 5.74) is -0.866. The van der Waals surface area contributed by atoms with Crippen LogP contribution >= 0.6 is 0 Å². The molecule has 20 heavy (non-hydrogen) atoms. The van der Waals surface area contributed by atoms with Crippen molar-refractivity contribution in [2.45, 2.75) is 0 Å². The smallest absolute Gasteiger partial charge is 0.315 e. The summed E-state index contributed by atoms with van der Waals surface area (Å²) in [6, 6.07) is 7.98. The molecule has 0 aliphatic rings. The van der Waals surface area contributed by atoms with E-state index in [0.717, 1.165) is 4.57 Å². The molecule has 0 aliphatic carbocycles. The fourth-order valence-corrected chi connectivity index (χ4v) is 2.32. The molecule has 0 fully saturated rings. The molecule has 1 N–H and O–H groups in total. The summed E-state index contributed by atoms with van der Waals surface area (Å²) >= 11 is 0. The van der Waals surface area contributed by atoms with Crippen molar-refractivity contribution in [2.75, 3.05) is 0 Å². The second-order valence-corrected chi connectivity index (χ2v) is 4.41. The number of hydrogen-bond acceptors (Lipinski definition) is 4. The van der Waals surface area contributed by atoms with Crippen molar-refractivity contribution in [3.8, 4) is 0 Å². The number of nitro benzene ring substituents is 1. The van der Waals surface area contributed by atoms with E-state index in [4.69, 9.17) is 0 Å². The van der Waals surface area contributed by atoms with Crippen molar-refractivity contribution < 1.29 is 4.92 Å². The summed E-state index contributed by atoms with van der Waals surface area (Å²) in [6.07, 6.45) is 0. The first-order valence-electron chi connectivity index (χ1n) is 5.80. The molecule has 0 amide bonds. The molecular formula is C13H9N3O4. The number of fused-ring (bicyclic) bond motifs is 3. The second-order valence-electron chi connectivity index (χ2n) is 4.41. The van der Waals surface area contributed by atoms with Gasteiger partial charge in [0.25, 0.3) is 5.69 Å². The van der Waals surface area contributed by atoms with E-state index in [1.165, 1.54) is 13.1 Å². The van der Waals surface area contributed by atoms with Crippen LogP contribution in [-0.4, -0.2) is 14.5 Å². The molecule has 1 heterocycles. The minimum absolute atomic E-state index is 0.102. The highest BCUT2D eigenvalue weighted by Crippen LogP contribution is 2.30. The van der Waals surface area contributed by atoms with Crippen molar-refractivity contribution in [1.29, 1.82) is 0 Å². The topological polar surface area (TPSA) is 98.0 Å². The third kappa shape index (κ3) is 1.53. The lowest BCUT2D eigenvalue weighted by Crippen LogP contribution is -2.34. The zero-order chi connectivity index (χ0) is 14.4. The van der Waals surface area contributed by atoms with E-state index in [-0.39, 0.29) is 5.69 Å². The highest BCUT2D eigenvalue weighted by atomic mass is 16.6. The molecule has 100 valence electrons. The largest absolute Gasteiger partial charge is 0.316 e. The van der Waals surface area contributed by atoms with E-state index < -0.39 is 16.0 Å². The van der Waals surface area contributed by atoms with E-state index in [9.17, 15) is 19.7 Å². The molecule has 0 saturated heterocycles. The van der Waals surface area contributed by atoms with E-state index >= 15 is 0 Å². The molecule has 1 aromatic heterocycles. The highest BCUT2D eigenvalue weighted by Gasteiger charge is 2.17. The van der Waals surface area contributed by atoms with Gasteiger partial charge < -0.3 is 9.55 Å². The van der Waals surface area contributed by atoms with Crippen LogP contribution in [0.25, 0.3) is 21.8 Å². The van der Waals surface area contributed by atoms with Crippen molar-refractivity contribution >= 4 is 27.5 Å². The summed E-state index contributed by atoms with van der Waals surface area (Å²) < 4.78 is 1.12. The maximum Gasteiger partial charge on any atom is 0.316 e. The molecule has 0 unspecified atom stereocenters. The summed E-state index contributed by atoms with van der Waals surface area (Å²) in [5.74, 6) is 0. The normalized spacial score (nSPS) is 11.1. The first-order chi connectivity index (χ1) is 9.50. The molecule has 0 aliphatic heterocycles. The van der Waals surface area contributed by atoms with Crippen LogP contribution in [0.5, 0.6) is 0 Å². The van der Waals surface area contributed by atoms with Gasteiger partial charge in [0, 0.05) is 18.5 Å². The maximum atomic E-state index is 11.6. The van der Waals surface area contributed by atoms with E-state index in [0.29, 0.717) is 21.8 Å². The lowest BCUT2D eigenvalue weighted by atomic mass is 10.1. The average molecular weight is 271 g/mol. The van der Waals surface area contributed by atoms with Gasteiger partial charge in [-0.2, -0.15) is 0 Å². The third-order valence-corrected chi connectivity index (χ3v) is 3.30. The van der Waals surface area contributed by atoms with Gasteiger partial charge in [0.15, 0.2) is 0 Å². The Morgan fingerprint density at radius 3 is 2.50 bits per heavy atom. The fraction of sp³-hybridized carbons (Fsp3) is 0.0769. The number of aromatic nitrogens is 2. The van der Waals surface area contributed by atoms with E-state index in [2.05, 4.69) is 4.98 Å². The van der Waals surface area contributed by atoms with Gasteiger partial charge in [0.05, 0.1) is 21.3 Å². The zero-order valence-electron chi connectivity index (χ0n) is 10.4. The molecule has 7 nitrogen and oxygen atoms in total. The van der Waals surface area contributed by atoms with Crippen LogP contribution in [0.4, 0.5) is 5.69 Å². The molecule has 0 radical (unpaired) electrons. The number of nitro groups is 1. The Balaban J connectivity index is 2.70. The molecule has 2 aromatic carbocycles. The predicted molar refractivity (Wildman–Crippen MR) is 74.0 cm³/mol. The number of aryl methyl sites for hydroxylation is 1. The number of non-ortho nitro benzene ring substituents is 1. The van der Waals surface area contributed by atoms with Crippen molar-refractivity contribution in [2.24, 2.45) is 7.05 Å². The number of rotatable bonds is 1. The Morgan fingerprint density at radius 2 is 1.85 bits per heavy atom. The zero-order valence-corrected chi connectivity index (χ0v) is 10.4. The first kappa shape index (κ1) is 12.1. The molecule has 3 aromatic rings. The Bertz CT molecular complexity index is 984. The number of nitrogens with one attached hydrogen (secondary N) is 1. The van der Waals surface area contributed by atoms with Crippen LogP contribution in [-0.2, 0) is 7.05 Å². The summed E-state index contributed by atoms with van der Waals surface area (Å²) in [7, 11) is 1.42. The van der Waals surface area contributed by atoms with Crippen LogP contribution < -0.4 is 11.1 Å². The monoisotopic (exact) mass is 271 g/mol. The SMILES string of the molecule is Cn1c(=O)c(=O)[nH]c2c3ccccc3c([N+](=O)[O-])cc21. The summed E-state index contributed by atoms with van der Waals surface area (Å²) in [6.45, 7) is 0. The molecule has 0 atom stereocenters. The van der Waals surface area contributed by atoms with Crippen LogP contribution in [0, 0.1) is 10.1 Å². The molecule has 0 spiro atoms. The van der Waals surface area contributed by atoms with Gasteiger partial charge in [-0.25, -0.2) is 0 Å². The number of aromatic amines is 1. The summed E-state index contributed by atoms with van der Waals surface area (Å²) in [4.78, 5) is 36.4. The quantitative estimate of drug-likeness (QED) is 0.312. The number of nitrogens with zero attached hydrogens (tertiary/aromatic N) is 2. The number of hydrogen-bond donors (Lipinski definition) is 1. The van der Waals surface area contributed by atoms with Crippen LogP contribution in [0.15, 0.2) is 39.9 Å². The minimum Gasteiger partial charge on any atom is -0.315 e. The maximum absolute atomic E-state index is 11.6. The average Bonchev–Trinajstić information content (AvgIpc) is 2.44. The fourth-order valence-electron chi connectivity index (χ4n) is 2.32. The van der Waals surface area contributed by atoms with Gasteiger partial charge >= 0.3 is 11.1 Å². The van der Waals surface area contributed by atoms with E-state index in [1.807, 2.05) is 0 Å². The predicted octanol–water partition coefficient (Wildman–Crippen LogP) is 1.29. The Labute approximate surface area is 111 Å². The third-order valence-electron chi connectivity index (χ3n) is 3.30. The molecule has 3 rings (SSSR count). The first-order valence-corrected chi connectivity index (χ1v) is 5.80. The highest BCUT2D eigenvalue weighted by molar-refractivity contribution is 6.08. The molecular weight excluding hydrogens is 262 g/mol. The van der Waals surface area contributed by atoms with Crippen LogP contribution in [0.3, 0.4) is 0 Å².